The van der Waals surface area contributed by atoms with Crippen LogP contribution in [0, 0.1) is 0 Å². The lowest BCUT2D eigenvalue weighted by Gasteiger charge is -2.12. The van der Waals surface area contributed by atoms with Crippen molar-refractivity contribution in [2.45, 2.75) is 33.1 Å². The van der Waals surface area contributed by atoms with Gasteiger partial charge in [-0.3, -0.25) is 4.79 Å². The van der Waals surface area contributed by atoms with Crippen molar-refractivity contribution in [3.05, 3.63) is 29.3 Å². The minimum atomic E-state index is -0.209. The predicted octanol–water partition coefficient (Wildman–Crippen LogP) is 2.75. The van der Waals surface area contributed by atoms with E-state index in [9.17, 15) is 4.79 Å². The van der Waals surface area contributed by atoms with Crippen LogP contribution in [0.15, 0.2) is 18.2 Å². The van der Waals surface area contributed by atoms with Crippen LogP contribution in [0.5, 0.6) is 5.75 Å². The summed E-state index contributed by atoms with van der Waals surface area (Å²) in [6.07, 6.45) is 2.29. The Bertz CT molecular complexity index is 372. The van der Waals surface area contributed by atoms with Crippen molar-refractivity contribution in [2.24, 2.45) is 0 Å². The van der Waals surface area contributed by atoms with Gasteiger partial charge in [0.25, 0.3) is 0 Å². The van der Waals surface area contributed by atoms with Gasteiger partial charge in [-0.25, -0.2) is 0 Å². The minimum absolute atomic E-state index is 0.209. The summed E-state index contributed by atoms with van der Waals surface area (Å²) in [7, 11) is 1.64. The van der Waals surface area contributed by atoms with Gasteiger partial charge in [-0.1, -0.05) is 31.5 Å². The number of carbonyl (C=O) groups excluding carboxylic acids is 1. The topological polar surface area (TPSA) is 35.5 Å². The molecule has 0 fully saturated rings. The van der Waals surface area contributed by atoms with Crippen molar-refractivity contribution >= 4 is 5.97 Å². The average molecular weight is 236 g/mol. The van der Waals surface area contributed by atoms with E-state index in [-0.39, 0.29) is 12.4 Å². The first-order valence-corrected chi connectivity index (χ1v) is 6.03. The highest BCUT2D eigenvalue weighted by Crippen LogP contribution is 2.25. The number of esters is 1. The highest BCUT2D eigenvalue weighted by molar-refractivity contribution is 5.73. The first kappa shape index (κ1) is 13.6. The summed E-state index contributed by atoms with van der Waals surface area (Å²) in [5.41, 5.74) is 2.05. The maximum absolute atomic E-state index is 11.5. The van der Waals surface area contributed by atoms with Crippen LogP contribution in [0.3, 0.4) is 0 Å². The van der Waals surface area contributed by atoms with Gasteiger partial charge in [-0.2, -0.15) is 0 Å². The number of carbonyl (C=O) groups is 1. The maximum Gasteiger partial charge on any atom is 0.310 e. The SMILES string of the molecule is CCCc1cccc(CC(=O)OCC)c1OC. The molecule has 1 rings (SSSR count). The first-order valence-electron chi connectivity index (χ1n) is 6.03. The van der Waals surface area contributed by atoms with E-state index < -0.39 is 0 Å². The second-order valence-corrected chi connectivity index (χ2v) is 3.84. The third kappa shape index (κ3) is 3.77. The second kappa shape index (κ2) is 6.94. The van der Waals surface area contributed by atoms with Gasteiger partial charge in [0.1, 0.15) is 5.75 Å². The number of hydrogen-bond acceptors (Lipinski definition) is 3. The van der Waals surface area contributed by atoms with Gasteiger partial charge >= 0.3 is 5.97 Å². The van der Waals surface area contributed by atoms with Crippen LogP contribution in [0.2, 0.25) is 0 Å². The van der Waals surface area contributed by atoms with Crippen molar-refractivity contribution in [1.82, 2.24) is 0 Å². The van der Waals surface area contributed by atoms with E-state index >= 15 is 0 Å². The summed E-state index contributed by atoms with van der Waals surface area (Å²) in [5.74, 6) is 0.613. The molecular weight excluding hydrogens is 216 g/mol. The quantitative estimate of drug-likeness (QED) is 0.712. The molecule has 0 heterocycles. The molecule has 1 aromatic rings. The molecule has 94 valence electrons. The fraction of sp³-hybridized carbons (Fsp3) is 0.500. The first-order chi connectivity index (χ1) is 8.22. The van der Waals surface area contributed by atoms with Gasteiger partial charge in [-0.15, -0.1) is 0 Å². The van der Waals surface area contributed by atoms with Gasteiger partial charge in [0.05, 0.1) is 20.1 Å². The fourth-order valence-electron chi connectivity index (χ4n) is 1.87. The maximum atomic E-state index is 11.5. The zero-order chi connectivity index (χ0) is 12.7. The lowest BCUT2D eigenvalue weighted by Crippen LogP contribution is -2.09. The van der Waals surface area contributed by atoms with Gasteiger partial charge < -0.3 is 9.47 Å². The molecule has 1 aromatic carbocycles. The minimum Gasteiger partial charge on any atom is -0.496 e. The lowest BCUT2D eigenvalue weighted by atomic mass is 10.0. The Morgan fingerprint density at radius 3 is 2.53 bits per heavy atom. The molecule has 0 radical (unpaired) electrons. The Morgan fingerprint density at radius 1 is 1.24 bits per heavy atom. The molecule has 0 aromatic heterocycles. The number of ether oxygens (including phenoxy) is 2. The second-order valence-electron chi connectivity index (χ2n) is 3.84. The van der Waals surface area contributed by atoms with E-state index in [0.717, 1.165) is 29.7 Å². The normalized spacial score (nSPS) is 10.1. The molecular formula is C14H20O3. The molecule has 0 aliphatic rings. The van der Waals surface area contributed by atoms with E-state index in [2.05, 4.69) is 6.92 Å². The summed E-state index contributed by atoms with van der Waals surface area (Å²) in [6, 6.07) is 5.91. The molecule has 0 saturated carbocycles. The van der Waals surface area contributed by atoms with E-state index in [1.807, 2.05) is 25.1 Å². The van der Waals surface area contributed by atoms with E-state index in [1.165, 1.54) is 0 Å². The summed E-state index contributed by atoms with van der Waals surface area (Å²) in [5, 5.41) is 0. The van der Waals surface area contributed by atoms with Crippen LogP contribution in [0.25, 0.3) is 0 Å². The fourth-order valence-corrected chi connectivity index (χ4v) is 1.87. The standard InChI is InChI=1S/C14H20O3/c1-4-7-11-8-6-9-12(14(11)16-3)10-13(15)17-5-2/h6,8-9H,4-5,7,10H2,1-3H3. The summed E-state index contributed by atoms with van der Waals surface area (Å²) in [4.78, 5) is 11.5. The van der Waals surface area contributed by atoms with Crippen LogP contribution in [0.1, 0.15) is 31.4 Å². The zero-order valence-electron chi connectivity index (χ0n) is 10.8. The molecule has 0 atom stereocenters. The molecule has 0 unspecified atom stereocenters. The molecule has 0 N–H and O–H groups in total. The molecule has 3 nitrogen and oxygen atoms in total. The van der Waals surface area contributed by atoms with Crippen LogP contribution in [-0.2, 0) is 22.4 Å². The molecule has 0 amide bonds. The third-order valence-electron chi connectivity index (χ3n) is 2.54. The van der Waals surface area contributed by atoms with Gasteiger partial charge in [0.2, 0.25) is 0 Å². The number of hydrogen-bond donors (Lipinski definition) is 0. The number of methoxy groups -OCH3 is 1. The van der Waals surface area contributed by atoms with Crippen molar-refractivity contribution in [2.75, 3.05) is 13.7 Å². The summed E-state index contributed by atoms with van der Waals surface area (Å²) >= 11 is 0. The molecule has 17 heavy (non-hydrogen) atoms. The van der Waals surface area contributed by atoms with Crippen molar-refractivity contribution in [3.63, 3.8) is 0 Å². The number of rotatable bonds is 6. The molecule has 0 saturated heterocycles. The summed E-state index contributed by atoms with van der Waals surface area (Å²) in [6.45, 7) is 4.34. The molecule has 0 spiro atoms. The largest absolute Gasteiger partial charge is 0.496 e. The zero-order valence-corrected chi connectivity index (χ0v) is 10.8. The third-order valence-corrected chi connectivity index (χ3v) is 2.54. The van der Waals surface area contributed by atoms with Crippen LogP contribution in [0.4, 0.5) is 0 Å². The molecule has 3 heteroatoms. The van der Waals surface area contributed by atoms with Crippen molar-refractivity contribution in [1.29, 1.82) is 0 Å². The lowest BCUT2D eigenvalue weighted by molar-refractivity contribution is -0.142. The smallest absolute Gasteiger partial charge is 0.310 e. The Labute approximate surface area is 103 Å². The Hall–Kier alpha value is -1.51. The Morgan fingerprint density at radius 2 is 1.94 bits per heavy atom. The van der Waals surface area contributed by atoms with E-state index in [4.69, 9.17) is 9.47 Å². The van der Waals surface area contributed by atoms with Gasteiger partial charge in [0, 0.05) is 5.56 Å². The molecule has 0 aliphatic heterocycles. The van der Waals surface area contributed by atoms with Crippen LogP contribution >= 0.6 is 0 Å². The van der Waals surface area contributed by atoms with Gasteiger partial charge in [-0.05, 0) is 18.9 Å². The molecule has 0 aliphatic carbocycles. The van der Waals surface area contributed by atoms with E-state index in [1.54, 1.807) is 7.11 Å². The Balaban J connectivity index is 2.90. The number of para-hydroxylation sites is 1. The van der Waals surface area contributed by atoms with E-state index in [0.29, 0.717) is 6.61 Å². The Kier molecular flexibility index (Phi) is 5.53. The van der Waals surface area contributed by atoms with Crippen molar-refractivity contribution < 1.29 is 14.3 Å². The monoisotopic (exact) mass is 236 g/mol. The van der Waals surface area contributed by atoms with Crippen molar-refractivity contribution in [3.8, 4) is 5.75 Å². The molecule has 0 bridgehead atoms. The predicted molar refractivity (Wildman–Crippen MR) is 67.3 cm³/mol. The van der Waals surface area contributed by atoms with Crippen LogP contribution in [-0.4, -0.2) is 19.7 Å². The number of benzene rings is 1. The number of aryl methyl sites for hydroxylation is 1. The summed E-state index contributed by atoms with van der Waals surface area (Å²) < 4.78 is 10.4. The highest BCUT2D eigenvalue weighted by Gasteiger charge is 2.12. The van der Waals surface area contributed by atoms with Crippen LogP contribution < -0.4 is 4.74 Å². The van der Waals surface area contributed by atoms with Gasteiger partial charge in [0.15, 0.2) is 0 Å². The average Bonchev–Trinajstić information content (AvgIpc) is 2.30. The highest BCUT2D eigenvalue weighted by atomic mass is 16.5.